The van der Waals surface area contributed by atoms with Crippen LogP contribution in [0.3, 0.4) is 0 Å². The third kappa shape index (κ3) is 4.65. The zero-order valence-corrected chi connectivity index (χ0v) is 16.9. The number of nitrogens with zero attached hydrogens (tertiary/aromatic N) is 1. The molecule has 2 N–H and O–H groups in total. The highest BCUT2D eigenvalue weighted by Gasteiger charge is 2.31. The predicted molar refractivity (Wildman–Crippen MR) is 110 cm³/mol. The minimum Gasteiger partial charge on any atom is -0.478 e. The SMILES string of the molecule is Cc1ccc(C(=O)NC(C(=O)N2CCc3ccc(C(=O)O)cc3C2)C(C)C)cc1. The van der Waals surface area contributed by atoms with Crippen molar-refractivity contribution in [2.75, 3.05) is 6.54 Å². The molecule has 3 rings (SSSR count). The van der Waals surface area contributed by atoms with Crippen molar-refractivity contribution in [2.24, 2.45) is 5.92 Å². The van der Waals surface area contributed by atoms with Crippen LogP contribution in [-0.4, -0.2) is 40.4 Å². The Morgan fingerprint density at radius 1 is 1.00 bits per heavy atom. The quantitative estimate of drug-likeness (QED) is 0.816. The van der Waals surface area contributed by atoms with E-state index in [1.807, 2.05) is 39.0 Å². The molecule has 2 aromatic rings. The van der Waals surface area contributed by atoms with Crippen molar-refractivity contribution in [1.29, 1.82) is 0 Å². The maximum atomic E-state index is 13.2. The molecule has 152 valence electrons. The first kappa shape index (κ1) is 20.6. The number of aryl methyl sites for hydroxylation is 1. The standard InChI is InChI=1S/C23H26N2O4/c1-14(2)20(24-21(26)17-6-4-15(3)5-7-17)22(27)25-11-10-16-8-9-18(23(28)29)12-19(16)13-25/h4-9,12,14,20H,10-11,13H2,1-3H3,(H,24,26)(H,28,29). The van der Waals surface area contributed by atoms with Crippen LogP contribution in [0.15, 0.2) is 42.5 Å². The van der Waals surface area contributed by atoms with E-state index in [0.29, 0.717) is 25.1 Å². The Kier molecular flexibility index (Phi) is 6.01. The maximum absolute atomic E-state index is 13.2. The molecular formula is C23H26N2O4. The molecule has 29 heavy (non-hydrogen) atoms. The van der Waals surface area contributed by atoms with Crippen LogP contribution in [-0.2, 0) is 17.8 Å². The molecule has 0 radical (unpaired) electrons. The normalized spacial score (nSPS) is 14.3. The molecule has 0 spiro atoms. The van der Waals surface area contributed by atoms with Crippen molar-refractivity contribution in [2.45, 2.75) is 39.8 Å². The summed E-state index contributed by atoms with van der Waals surface area (Å²) in [5.41, 5.74) is 3.70. The number of fused-ring (bicyclic) bond motifs is 1. The number of rotatable bonds is 5. The fraction of sp³-hybridized carbons (Fsp3) is 0.348. The highest BCUT2D eigenvalue weighted by atomic mass is 16.4. The second-order valence-electron chi connectivity index (χ2n) is 7.86. The molecule has 1 unspecified atom stereocenters. The van der Waals surface area contributed by atoms with E-state index in [0.717, 1.165) is 16.7 Å². The monoisotopic (exact) mass is 394 g/mol. The fourth-order valence-electron chi connectivity index (χ4n) is 3.52. The van der Waals surface area contributed by atoms with Gasteiger partial charge in [0.15, 0.2) is 0 Å². The molecule has 1 aliphatic heterocycles. The van der Waals surface area contributed by atoms with Gasteiger partial charge in [0, 0.05) is 18.7 Å². The van der Waals surface area contributed by atoms with Crippen LogP contribution < -0.4 is 5.32 Å². The number of aromatic carboxylic acids is 1. The first-order valence-corrected chi connectivity index (χ1v) is 9.77. The Morgan fingerprint density at radius 3 is 2.28 bits per heavy atom. The zero-order valence-electron chi connectivity index (χ0n) is 16.9. The van der Waals surface area contributed by atoms with Crippen LogP contribution in [0.2, 0.25) is 0 Å². The Labute approximate surface area is 170 Å². The summed E-state index contributed by atoms with van der Waals surface area (Å²) in [6.07, 6.45) is 0.664. The van der Waals surface area contributed by atoms with Crippen molar-refractivity contribution < 1.29 is 19.5 Å². The van der Waals surface area contributed by atoms with Crippen molar-refractivity contribution in [3.05, 3.63) is 70.3 Å². The number of nitrogens with one attached hydrogen (secondary N) is 1. The second-order valence-corrected chi connectivity index (χ2v) is 7.86. The van der Waals surface area contributed by atoms with Crippen molar-refractivity contribution >= 4 is 17.8 Å². The summed E-state index contributed by atoms with van der Waals surface area (Å²) in [7, 11) is 0. The van der Waals surface area contributed by atoms with Crippen LogP contribution >= 0.6 is 0 Å². The molecule has 2 aromatic carbocycles. The van der Waals surface area contributed by atoms with Gasteiger partial charge in [-0.3, -0.25) is 9.59 Å². The molecule has 0 bridgehead atoms. The van der Waals surface area contributed by atoms with Gasteiger partial charge in [-0.2, -0.15) is 0 Å². The highest BCUT2D eigenvalue weighted by molar-refractivity contribution is 5.97. The molecule has 0 aromatic heterocycles. The van der Waals surface area contributed by atoms with E-state index in [1.54, 1.807) is 29.2 Å². The molecule has 1 atom stereocenters. The second kappa shape index (κ2) is 8.47. The van der Waals surface area contributed by atoms with E-state index in [4.69, 9.17) is 0 Å². The van der Waals surface area contributed by atoms with Crippen molar-refractivity contribution in [3.8, 4) is 0 Å². The first-order valence-electron chi connectivity index (χ1n) is 9.77. The number of hydrogen-bond donors (Lipinski definition) is 2. The summed E-state index contributed by atoms with van der Waals surface area (Å²) >= 11 is 0. The summed E-state index contributed by atoms with van der Waals surface area (Å²) in [5, 5.41) is 12.1. The van der Waals surface area contributed by atoms with Gasteiger partial charge in [0.1, 0.15) is 6.04 Å². The summed E-state index contributed by atoms with van der Waals surface area (Å²) in [4.78, 5) is 38.8. The summed E-state index contributed by atoms with van der Waals surface area (Å²) in [6, 6.07) is 11.6. The number of carboxylic acid groups (broad SMARTS) is 1. The number of hydrogen-bond acceptors (Lipinski definition) is 3. The van der Waals surface area contributed by atoms with Gasteiger partial charge in [0.05, 0.1) is 5.56 Å². The van der Waals surface area contributed by atoms with Crippen LogP contribution in [0, 0.1) is 12.8 Å². The van der Waals surface area contributed by atoms with E-state index in [-0.39, 0.29) is 23.3 Å². The molecular weight excluding hydrogens is 368 g/mol. The topological polar surface area (TPSA) is 86.7 Å². The lowest BCUT2D eigenvalue weighted by molar-refractivity contribution is -0.135. The summed E-state index contributed by atoms with van der Waals surface area (Å²) in [6.45, 7) is 6.64. The number of carboxylic acids is 1. The summed E-state index contributed by atoms with van der Waals surface area (Å²) < 4.78 is 0. The minimum atomic E-state index is -0.985. The first-order chi connectivity index (χ1) is 13.8. The number of benzene rings is 2. The van der Waals surface area contributed by atoms with Crippen LogP contribution in [0.25, 0.3) is 0 Å². The van der Waals surface area contributed by atoms with E-state index in [9.17, 15) is 19.5 Å². The molecule has 6 heteroatoms. The average Bonchev–Trinajstić information content (AvgIpc) is 2.70. The zero-order chi connectivity index (χ0) is 21.1. The lowest BCUT2D eigenvalue weighted by atomic mass is 9.95. The van der Waals surface area contributed by atoms with Crippen LogP contribution in [0.1, 0.15) is 51.3 Å². The molecule has 1 aliphatic rings. The smallest absolute Gasteiger partial charge is 0.335 e. The van der Waals surface area contributed by atoms with Crippen molar-refractivity contribution in [1.82, 2.24) is 10.2 Å². The number of carbonyl (C=O) groups is 3. The van der Waals surface area contributed by atoms with E-state index in [1.165, 1.54) is 0 Å². The largest absolute Gasteiger partial charge is 0.478 e. The van der Waals surface area contributed by atoms with Crippen molar-refractivity contribution in [3.63, 3.8) is 0 Å². The van der Waals surface area contributed by atoms with Gasteiger partial charge < -0.3 is 15.3 Å². The Bertz CT molecular complexity index is 934. The van der Waals surface area contributed by atoms with E-state index in [2.05, 4.69) is 5.32 Å². The highest BCUT2D eigenvalue weighted by Crippen LogP contribution is 2.22. The minimum absolute atomic E-state index is 0.0800. The Hall–Kier alpha value is -3.15. The third-order valence-corrected chi connectivity index (χ3v) is 5.31. The lowest BCUT2D eigenvalue weighted by Gasteiger charge is -2.33. The van der Waals surface area contributed by atoms with Crippen LogP contribution in [0.5, 0.6) is 0 Å². The van der Waals surface area contributed by atoms with Gasteiger partial charge >= 0.3 is 5.97 Å². The van der Waals surface area contributed by atoms with Gasteiger partial charge in [0.2, 0.25) is 5.91 Å². The summed E-state index contributed by atoms with van der Waals surface area (Å²) in [5.74, 6) is -1.49. The molecule has 1 heterocycles. The molecule has 0 fully saturated rings. The average molecular weight is 394 g/mol. The lowest BCUT2D eigenvalue weighted by Crippen LogP contribution is -2.52. The Morgan fingerprint density at radius 2 is 1.66 bits per heavy atom. The molecule has 2 amide bonds. The van der Waals surface area contributed by atoms with Gasteiger partial charge in [0.25, 0.3) is 5.91 Å². The molecule has 0 aliphatic carbocycles. The van der Waals surface area contributed by atoms with Crippen LogP contribution in [0.4, 0.5) is 0 Å². The van der Waals surface area contributed by atoms with Gasteiger partial charge in [-0.15, -0.1) is 0 Å². The predicted octanol–water partition coefficient (Wildman–Crippen LogP) is 3.03. The van der Waals surface area contributed by atoms with Gasteiger partial charge in [-0.1, -0.05) is 37.6 Å². The third-order valence-electron chi connectivity index (χ3n) is 5.31. The number of amides is 2. The fourth-order valence-corrected chi connectivity index (χ4v) is 3.52. The van der Waals surface area contributed by atoms with E-state index < -0.39 is 12.0 Å². The van der Waals surface area contributed by atoms with Gasteiger partial charge in [-0.05, 0) is 54.7 Å². The molecule has 0 saturated carbocycles. The number of carbonyl (C=O) groups excluding carboxylic acids is 2. The molecule has 0 saturated heterocycles. The molecule has 6 nitrogen and oxygen atoms in total. The van der Waals surface area contributed by atoms with Gasteiger partial charge in [-0.25, -0.2) is 4.79 Å². The van der Waals surface area contributed by atoms with E-state index >= 15 is 0 Å². The maximum Gasteiger partial charge on any atom is 0.335 e. The Balaban J connectivity index is 1.75.